The van der Waals surface area contributed by atoms with E-state index in [-0.39, 0.29) is 10.7 Å². The second-order valence-electron chi connectivity index (χ2n) is 7.96. The van der Waals surface area contributed by atoms with Crippen molar-refractivity contribution in [2.45, 2.75) is 13.8 Å². The fraction of sp³-hybridized carbons (Fsp3) is 0.160. The van der Waals surface area contributed by atoms with E-state index in [2.05, 4.69) is 5.32 Å². The van der Waals surface area contributed by atoms with E-state index in [1.54, 1.807) is 6.08 Å². The molecule has 1 fully saturated rings. The third-order valence-corrected chi connectivity index (χ3v) is 5.71. The summed E-state index contributed by atoms with van der Waals surface area (Å²) in [7, 11) is 3.97. The smallest absolute Gasteiger partial charge is 0.270 e. The van der Waals surface area contributed by atoms with Crippen LogP contribution in [-0.2, 0) is 9.59 Å². The molecule has 0 radical (unpaired) electrons. The molecule has 3 aromatic rings. The van der Waals surface area contributed by atoms with Gasteiger partial charge in [0, 0.05) is 37.4 Å². The SMILES string of the molecule is Cc1ccc(C)c(N2C(=O)/C(=C/c3cccn3-c3ccc(N(C)C)cc3)C(=O)NC2=S)c1. The number of anilines is 2. The standard InChI is InChI=1S/C25H24N4O2S/c1-16-7-8-17(2)22(14-16)29-24(31)21(23(30)26-25(29)32)15-20-6-5-13-28(20)19-11-9-18(10-12-19)27(3)4/h5-15H,1-4H3,(H,26,30,32)/b21-15+. The summed E-state index contributed by atoms with van der Waals surface area (Å²) in [5.41, 5.74) is 5.32. The number of aromatic nitrogens is 1. The van der Waals surface area contributed by atoms with E-state index in [0.717, 1.165) is 28.2 Å². The Morgan fingerprint density at radius 1 is 1.00 bits per heavy atom. The van der Waals surface area contributed by atoms with E-state index >= 15 is 0 Å². The summed E-state index contributed by atoms with van der Waals surface area (Å²) in [5, 5.41) is 2.74. The highest BCUT2D eigenvalue weighted by Gasteiger charge is 2.35. The highest BCUT2D eigenvalue weighted by molar-refractivity contribution is 7.80. The molecule has 1 aromatic heterocycles. The number of amides is 2. The van der Waals surface area contributed by atoms with E-state index < -0.39 is 11.8 Å². The van der Waals surface area contributed by atoms with Gasteiger partial charge in [0.1, 0.15) is 5.57 Å². The number of rotatable bonds is 4. The van der Waals surface area contributed by atoms with Crippen molar-refractivity contribution in [3.05, 3.63) is 83.2 Å². The first-order valence-electron chi connectivity index (χ1n) is 10.2. The highest BCUT2D eigenvalue weighted by atomic mass is 32.1. The van der Waals surface area contributed by atoms with Gasteiger partial charge in [0.2, 0.25) is 0 Å². The van der Waals surface area contributed by atoms with E-state index in [0.29, 0.717) is 5.69 Å². The maximum absolute atomic E-state index is 13.4. The maximum Gasteiger partial charge on any atom is 0.270 e. The first kappa shape index (κ1) is 21.5. The Morgan fingerprint density at radius 3 is 2.41 bits per heavy atom. The summed E-state index contributed by atoms with van der Waals surface area (Å²) in [5.74, 6) is -0.944. The number of hydrogen-bond donors (Lipinski definition) is 1. The van der Waals surface area contributed by atoms with Crippen LogP contribution in [-0.4, -0.2) is 35.6 Å². The quantitative estimate of drug-likeness (QED) is 0.376. The Bertz CT molecular complexity index is 1260. The lowest BCUT2D eigenvalue weighted by molar-refractivity contribution is -0.122. The molecule has 1 saturated heterocycles. The highest BCUT2D eigenvalue weighted by Crippen LogP contribution is 2.27. The predicted octanol–water partition coefficient (Wildman–Crippen LogP) is 3.99. The molecular weight excluding hydrogens is 420 g/mol. The number of hydrogen-bond acceptors (Lipinski definition) is 4. The average Bonchev–Trinajstić information content (AvgIpc) is 3.22. The number of carbonyl (C=O) groups excluding carboxylic acids is 2. The molecule has 4 rings (SSSR count). The first-order valence-corrected chi connectivity index (χ1v) is 10.6. The largest absolute Gasteiger partial charge is 0.378 e. The van der Waals surface area contributed by atoms with Crippen LogP contribution >= 0.6 is 12.2 Å². The Labute approximate surface area is 192 Å². The van der Waals surface area contributed by atoms with Crippen LogP contribution in [0.15, 0.2) is 66.4 Å². The topological polar surface area (TPSA) is 57.6 Å². The zero-order valence-corrected chi connectivity index (χ0v) is 19.2. The lowest BCUT2D eigenvalue weighted by Gasteiger charge is -2.30. The molecule has 1 aliphatic heterocycles. The van der Waals surface area contributed by atoms with Gasteiger partial charge in [0.15, 0.2) is 5.11 Å². The van der Waals surface area contributed by atoms with Crippen molar-refractivity contribution >= 4 is 46.6 Å². The fourth-order valence-corrected chi connectivity index (χ4v) is 3.92. The molecule has 0 aliphatic carbocycles. The second kappa shape index (κ2) is 8.43. The minimum absolute atomic E-state index is 0.0318. The zero-order chi connectivity index (χ0) is 23.0. The van der Waals surface area contributed by atoms with Gasteiger partial charge in [-0.3, -0.25) is 19.8 Å². The van der Waals surface area contributed by atoms with Gasteiger partial charge >= 0.3 is 0 Å². The summed E-state index contributed by atoms with van der Waals surface area (Å²) in [6.45, 7) is 3.86. The Balaban J connectivity index is 1.74. The van der Waals surface area contributed by atoms with Gasteiger partial charge in [0.25, 0.3) is 11.8 Å². The Morgan fingerprint density at radius 2 is 1.72 bits per heavy atom. The van der Waals surface area contributed by atoms with Gasteiger partial charge in [0.05, 0.1) is 5.69 Å². The third kappa shape index (κ3) is 3.94. The van der Waals surface area contributed by atoms with Crippen molar-refractivity contribution in [1.82, 2.24) is 9.88 Å². The Kier molecular flexibility index (Phi) is 5.67. The van der Waals surface area contributed by atoms with Gasteiger partial charge in [-0.2, -0.15) is 0 Å². The lowest BCUT2D eigenvalue weighted by atomic mass is 10.1. The molecule has 2 aromatic carbocycles. The molecule has 6 nitrogen and oxygen atoms in total. The molecular formula is C25H24N4O2S. The van der Waals surface area contributed by atoms with E-state index in [1.165, 1.54) is 4.90 Å². The van der Waals surface area contributed by atoms with Crippen molar-refractivity contribution in [2.75, 3.05) is 23.9 Å². The molecule has 2 amide bonds. The molecule has 0 saturated carbocycles. The molecule has 32 heavy (non-hydrogen) atoms. The van der Waals surface area contributed by atoms with E-state index in [1.807, 2.05) is 98.2 Å². The molecule has 162 valence electrons. The van der Waals surface area contributed by atoms with Crippen LogP contribution in [0.2, 0.25) is 0 Å². The van der Waals surface area contributed by atoms with Crippen molar-refractivity contribution < 1.29 is 9.59 Å². The minimum Gasteiger partial charge on any atom is -0.378 e. The maximum atomic E-state index is 13.4. The first-order chi connectivity index (χ1) is 15.3. The van der Waals surface area contributed by atoms with Crippen LogP contribution in [0, 0.1) is 13.8 Å². The summed E-state index contributed by atoms with van der Waals surface area (Å²) >= 11 is 5.34. The van der Waals surface area contributed by atoms with Crippen LogP contribution in [0.1, 0.15) is 16.8 Å². The van der Waals surface area contributed by atoms with E-state index in [9.17, 15) is 9.59 Å². The van der Waals surface area contributed by atoms with Crippen molar-refractivity contribution in [2.24, 2.45) is 0 Å². The molecule has 0 unspecified atom stereocenters. The van der Waals surface area contributed by atoms with Crippen LogP contribution in [0.5, 0.6) is 0 Å². The molecule has 1 aliphatic rings. The summed E-state index contributed by atoms with van der Waals surface area (Å²) < 4.78 is 1.93. The third-order valence-electron chi connectivity index (χ3n) is 5.42. The van der Waals surface area contributed by atoms with Crippen LogP contribution in [0.25, 0.3) is 11.8 Å². The van der Waals surface area contributed by atoms with Gasteiger partial charge in [-0.05, 0) is 85.7 Å². The number of nitrogens with one attached hydrogen (secondary N) is 1. The molecule has 1 N–H and O–H groups in total. The molecule has 7 heteroatoms. The summed E-state index contributed by atoms with van der Waals surface area (Å²) in [4.78, 5) is 29.5. The van der Waals surface area contributed by atoms with Gasteiger partial charge < -0.3 is 9.47 Å². The summed E-state index contributed by atoms with van der Waals surface area (Å²) in [6.07, 6.45) is 3.51. The number of carbonyl (C=O) groups is 2. The molecule has 0 spiro atoms. The lowest BCUT2D eigenvalue weighted by Crippen LogP contribution is -2.54. The number of aryl methyl sites for hydroxylation is 2. The van der Waals surface area contributed by atoms with Crippen molar-refractivity contribution in [1.29, 1.82) is 0 Å². The van der Waals surface area contributed by atoms with Crippen molar-refractivity contribution in [3.63, 3.8) is 0 Å². The van der Waals surface area contributed by atoms with Gasteiger partial charge in [-0.15, -0.1) is 0 Å². The zero-order valence-electron chi connectivity index (χ0n) is 18.4. The average molecular weight is 445 g/mol. The van der Waals surface area contributed by atoms with Crippen LogP contribution in [0.4, 0.5) is 11.4 Å². The van der Waals surface area contributed by atoms with Crippen LogP contribution in [0.3, 0.4) is 0 Å². The number of benzene rings is 2. The van der Waals surface area contributed by atoms with Crippen LogP contribution < -0.4 is 15.1 Å². The molecule has 0 atom stereocenters. The monoisotopic (exact) mass is 444 g/mol. The second-order valence-corrected chi connectivity index (χ2v) is 8.35. The predicted molar refractivity (Wildman–Crippen MR) is 132 cm³/mol. The van der Waals surface area contributed by atoms with Crippen molar-refractivity contribution in [3.8, 4) is 5.69 Å². The molecule has 2 heterocycles. The number of thiocarbonyl (C=S) groups is 1. The summed E-state index contributed by atoms with van der Waals surface area (Å²) in [6, 6.07) is 17.6. The van der Waals surface area contributed by atoms with Gasteiger partial charge in [-0.1, -0.05) is 12.1 Å². The molecule has 0 bridgehead atoms. The normalized spacial score (nSPS) is 15.3. The fourth-order valence-electron chi connectivity index (χ4n) is 3.64. The number of nitrogens with zero attached hydrogens (tertiary/aromatic N) is 3. The van der Waals surface area contributed by atoms with Gasteiger partial charge in [-0.25, -0.2) is 0 Å². The minimum atomic E-state index is -0.503. The van der Waals surface area contributed by atoms with E-state index in [4.69, 9.17) is 12.2 Å². The Hall–Kier alpha value is -3.71.